The summed E-state index contributed by atoms with van der Waals surface area (Å²) in [5, 5.41) is 19.3. The Hall–Kier alpha value is -4.19. The third kappa shape index (κ3) is 5.31. The summed E-state index contributed by atoms with van der Waals surface area (Å²) in [6.07, 6.45) is 0. The van der Waals surface area contributed by atoms with Gasteiger partial charge in [0.1, 0.15) is 11.4 Å². The quantitative estimate of drug-likeness (QED) is 0.301. The lowest BCUT2D eigenvalue weighted by Gasteiger charge is -2.30. The van der Waals surface area contributed by atoms with Gasteiger partial charge in [-0.05, 0) is 104 Å². The van der Waals surface area contributed by atoms with Crippen molar-refractivity contribution in [1.82, 2.24) is 4.98 Å². The van der Waals surface area contributed by atoms with E-state index in [9.17, 15) is 19.8 Å². The number of hydrogen-bond donors (Lipinski definition) is 2. The number of aryl methyl sites for hydroxylation is 6. The van der Waals surface area contributed by atoms with Gasteiger partial charge in [0.2, 0.25) is 6.71 Å². The Morgan fingerprint density at radius 2 is 0.878 bits per heavy atom. The van der Waals surface area contributed by atoms with Crippen molar-refractivity contribution in [3.63, 3.8) is 0 Å². The summed E-state index contributed by atoms with van der Waals surface area (Å²) in [5.41, 5.74) is 16.3. The van der Waals surface area contributed by atoms with Crippen LogP contribution in [0.25, 0.3) is 11.1 Å². The van der Waals surface area contributed by atoms with Crippen LogP contribution < -0.4 is 16.4 Å². The molecule has 2 N–H and O–H groups in total. The maximum Gasteiger partial charge on any atom is 0.354 e. The Morgan fingerprint density at radius 1 is 0.537 bits per heavy atom. The van der Waals surface area contributed by atoms with Crippen molar-refractivity contribution in [2.75, 3.05) is 0 Å². The molecule has 4 rings (SSSR count). The number of rotatable bonds is 6. The summed E-state index contributed by atoms with van der Waals surface area (Å²) in [5.74, 6) is -2.52. The third-order valence-electron chi connectivity index (χ3n) is 8.58. The molecule has 3 aromatic carbocycles. The minimum Gasteiger partial charge on any atom is -0.477 e. The summed E-state index contributed by atoms with van der Waals surface area (Å²) < 4.78 is 0. The smallest absolute Gasteiger partial charge is 0.354 e. The van der Waals surface area contributed by atoms with Crippen molar-refractivity contribution in [2.24, 2.45) is 0 Å². The molecule has 0 radical (unpaired) electrons. The van der Waals surface area contributed by atoms with Crippen molar-refractivity contribution in [3.8, 4) is 11.1 Å². The minimum absolute atomic E-state index is 0.00995. The lowest BCUT2D eigenvalue weighted by atomic mass is 9.32. The summed E-state index contributed by atoms with van der Waals surface area (Å²) in [4.78, 5) is 27.5. The SMILES string of the molecule is Cc1cc(C)c(B(c2c(C)cc(C)cc2C)c2c(C)c(C)c(-c3cc(C(=O)O)nc(C(=O)O)c3)c(C)c2C)c(C)c1. The molecule has 0 saturated carbocycles. The predicted molar refractivity (Wildman–Crippen MR) is 169 cm³/mol. The fourth-order valence-electron chi connectivity index (χ4n) is 6.83. The first-order chi connectivity index (χ1) is 19.1. The van der Waals surface area contributed by atoms with E-state index >= 15 is 0 Å². The topological polar surface area (TPSA) is 87.5 Å². The predicted octanol–water partition coefficient (Wildman–Crippen LogP) is 5.75. The molecule has 1 heterocycles. The number of nitrogens with zero attached hydrogens (tertiary/aromatic N) is 1. The Kier molecular flexibility index (Phi) is 7.99. The Labute approximate surface area is 243 Å². The number of aromatic nitrogens is 1. The average molecular weight is 548 g/mol. The third-order valence-corrected chi connectivity index (χ3v) is 8.58. The highest BCUT2D eigenvalue weighted by atomic mass is 16.4. The van der Waals surface area contributed by atoms with E-state index in [0.29, 0.717) is 5.56 Å². The molecule has 210 valence electrons. The number of aromatic carboxylic acids is 2. The monoisotopic (exact) mass is 547 g/mol. The lowest BCUT2D eigenvalue weighted by molar-refractivity contribution is 0.0685. The van der Waals surface area contributed by atoms with Crippen molar-refractivity contribution in [1.29, 1.82) is 0 Å². The van der Waals surface area contributed by atoms with Crippen molar-refractivity contribution in [2.45, 2.75) is 69.2 Å². The second-order valence-electron chi connectivity index (χ2n) is 11.6. The van der Waals surface area contributed by atoms with Gasteiger partial charge < -0.3 is 10.2 Å². The van der Waals surface area contributed by atoms with Gasteiger partial charge in [0.25, 0.3) is 0 Å². The highest BCUT2D eigenvalue weighted by molar-refractivity contribution is 6.97. The zero-order chi connectivity index (χ0) is 30.5. The highest BCUT2D eigenvalue weighted by Gasteiger charge is 2.33. The standard InChI is InChI=1S/C35H38BNO4/c1-17-11-19(3)31(20(4)12-17)36(32-21(5)13-18(2)14-22(32)6)33-25(9)23(7)30(24(8)26(33)10)27-15-28(34(38)39)37-29(16-27)35(40)41/h11-16H,1-10H3,(H,38,39)(H,40,41). The molecule has 6 heteroatoms. The van der Waals surface area contributed by atoms with Gasteiger partial charge in [0.15, 0.2) is 0 Å². The fourth-order valence-corrected chi connectivity index (χ4v) is 6.83. The fraction of sp³-hybridized carbons (Fsp3) is 0.286. The van der Waals surface area contributed by atoms with E-state index in [4.69, 9.17) is 0 Å². The van der Waals surface area contributed by atoms with Crippen LogP contribution in [0.3, 0.4) is 0 Å². The van der Waals surface area contributed by atoms with E-state index < -0.39 is 11.9 Å². The number of pyridine rings is 1. The first-order valence-corrected chi connectivity index (χ1v) is 13.9. The van der Waals surface area contributed by atoms with Crippen LogP contribution in [0.4, 0.5) is 0 Å². The average Bonchev–Trinajstić information content (AvgIpc) is 2.86. The lowest BCUT2D eigenvalue weighted by Crippen LogP contribution is -2.57. The summed E-state index contributed by atoms with van der Waals surface area (Å²) in [7, 11) is 0. The van der Waals surface area contributed by atoms with Crippen molar-refractivity contribution in [3.05, 3.63) is 103 Å². The van der Waals surface area contributed by atoms with Crippen LogP contribution in [0.2, 0.25) is 0 Å². The highest BCUT2D eigenvalue weighted by Crippen LogP contribution is 2.32. The Bertz CT molecular complexity index is 1590. The second-order valence-corrected chi connectivity index (χ2v) is 11.6. The molecule has 1 aromatic heterocycles. The van der Waals surface area contributed by atoms with Crippen LogP contribution in [0.5, 0.6) is 0 Å². The van der Waals surface area contributed by atoms with Gasteiger partial charge in [0.05, 0.1) is 0 Å². The number of benzene rings is 3. The molecule has 0 aliphatic heterocycles. The summed E-state index contributed by atoms with van der Waals surface area (Å²) in [6.45, 7) is 21.4. The van der Waals surface area contributed by atoms with E-state index in [0.717, 1.165) is 27.8 Å². The maximum atomic E-state index is 11.8. The van der Waals surface area contributed by atoms with Crippen molar-refractivity contribution < 1.29 is 19.8 Å². The van der Waals surface area contributed by atoms with Crippen LogP contribution in [-0.2, 0) is 0 Å². The van der Waals surface area contributed by atoms with Gasteiger partial charge in [-0.3, -0.25) is 0 Å². The molecule has 0 spiro atoms. The van der Waals surface area contributed by atoms with Crippen LogP contribution in [-0.4, -0.2) is 33.8 Å². The molecule has 0 aliphatic rings. The molecule has 0 amide bonds. The molecular formula is C35H38BNO4. The van der Waals surface area contributed by atoms with Crippen LogP contribution in [0.1, 0.15) is 76.6 Å². The van der Waals surface area contributed by atoms with Crippen molar-refractivity contribution >= 4 is 35.0 Å². The first kappa shape index (κ1) is 29.8. The van der Waals surface area contributed by atoms with E-state index in [1.165, 1.54) is 61.9 Å². The van der Waals surface area contributed by atoms with E-state index in [1.807, 2.05) is 13.8 Å². The zero-order valence-corrected chi connectivity index (χ0v) is 25.7. The first-order valence-electron chi connectivity index (χ1n) is 13.9. The maximum absolute atomic E-state index is 11.8. The molecule has 0 aliphatic carbocycles. The van der Waals surface area contributed by atoms with Gasteiger partial charge in [-0.15, -0.1) is 0 Å². The molecule has 4 aromatic rings. The summed E-state index contributed by atoms with van der Waals surface area (Å²) >= 11 is 0. The zero-order valence-electron chi connectivity index (χ0n) is 25.7. The minimum atomic E-state index is -1.26. The molecule has 41 heavy (non-hydrogen) atoms. The number of carboxylic acids is 2. The molecule has 0 fully saturated rings. The summed E-state index contributed by atoms with van der Waals surface area (Å²) in [6, 6.07) is 12.0. The second kappa shape index (κ2) is 11.0. The van der Waals surface area contributed by atoms with Gasteiger partial charge >= 0.3 is 11.9 Å². The van der Waals surface area contributed by atoms with Gasteiger partial charge in [-0.2, -0.15) is 0 Å². The largest absolute Gasteiger partial charge is 0.477 e. The van der Waals surface area contributed by atoms with E-state index in [2.05, 4.69) is 84.6 Å². The normalized spacial score (nSPS) is 11.1. The number of carbonyl (C=O) groups is 2. The molecule has 5 nitrogen and oxygen atoms in total. The van der Waals surface area contributed by atoms with E-state index in [1.54, 1.807) is 0 Å². The number of carboxylic acid groups (broad SMARTS) is 2. The molecule has 0 saturated heterocycles. The van der Waals surface area contributed by atoms with Gasteiger partial charge in [0, 0.05) is 0 Å². The molecule has 0 atom stereocenters. The Balaban J connectivity index is 2.13. The van der Waals surface area contributed by atoms with Gasteiger partial charge in [-0.25, -0.2) is 14.6 Å². The number of hydrogen-bond acceptors (Lipinski definition) is 3. The van der Waals surface area contributed by atoms with Crippen LogP contribution in [0, 0.1) is 69.2 Å². The van der Waals surface area contributed by atoms with Crippen LogP contribution in [0.15, 0.2) is 36.4 Å². The van der Waals surface area contributed by atoms with Gasteiger partial charge in [-0.1, -0.05) is 85.2 Å². The molecule has 0 unspecified atom stereocenters. The van der Waals surface area contributed by atoms with E-state index in [-0.39, 0.29) is 18.1 Å². The Morgan fingerprint density at radius 3 is 1.20 bits per heavy atom. The molecule has 0 bridgehead atoms. The van der Waals surface area contributed by atoms with Crippen LogP contribution >= 0.6 is 0 Å². The molecular weight excluding hydrogens is 509 g/mol.